The Bertz CT molecular complexity index is 1020. The molecule has 0 spiro atoms. The van der Waals surface area contributed by atoms with Gasteiger partial charge < -0.3 is 14.6 Å². The number of rotatable bonds is 3. The summed E-state index contributed by atoms with van der Waals surface area (Å²) in [5.74, 6) is 0.917. The molecule has 1 aromatic heterocycles. The Kier molecular flexibility index (Phi) is 3.71. The van der Waals surface area contributed by atoms with E-state index >= 15 is 0 Å². The van der Waals surface area contributed by atoms with Gasteiger partial charge in [-0.25, -0.2) is 4.39 Å². The number of halogens is 1. The number of nitrogens with one attached hydrogen (secondary N) is 1. The summed E-state index contributed by atoms with van der Waals surface area (Å²) in [5, 5.41) is 1.13. The molecule has 1 N–H and O–H groups in total. The molecule has 1 aliphatic carbocycles. The Balaban J connectivity index is 1.67. The highest BCUT2D eigenvalue weighted by Crippen LogP contribution is 2.42. The molecule has 0 bridgehead atoms. The van der Waals surface area contributed by atoms with Gasteiger partial charge in [0.25, 0.3) is 0 Å². The third-order valence-electron chi connectivity index (χ3n) is 5.73. The number of carbonyl (C=O) groups is 1. The van der Waals surface area contributed by atoms with E-state index in [1.807, 2.05) is 23.1 Å². The van der Waals surface area contributed by atoms with Crippen LogP contribution in [0.5, 0.6) is 5.75 Å². The maximum Gasteiger partial charge on any atom is 0.226 e. The van der Waals surface area contributed by atoms with E-state index in [0.717, 1.165) is 47.2 Å². The monoisotopic (exact) mass is 364 g/mol. The molecule has 2 aromatic carbocycles. The van der Waals surface area contributed by atoms with Crippen LogP contribution in [0, 0.1) is 11.7 Å². The second-order valence-electron chi connectivity index (χ2n) is 7.44. The molecule has 4 nitrogen and oxygen atoms in total. The zero-order valence-corrected chi connectivity index (χ0v) is 15.2. The number of aromatic nitrogens is 1. The molecule has 1 atom stereocenters. The number of H-pyrrole nitrogens is 1. The van der Waals surface area contributed by atoms with Gasteiger partial charge in [-0.15, -0.1) is 0 Å². The third-order valence-corrected chi connectivity index (χ3v) is 5.73. The quantitative estimate of drug-likeness (QED) is 0.757. The fraction of sp³-hybridized carbons (Fsp3) is 0.318. The molecule has 1 fully saturated rings. The van der Waals surface area contributed by atoms with Crippen molar-refractivity contribution >= 4 is 16.8 Å². The Morgan fingerprint density at radius 1 is 1.19 bits per heavy atom. The molecule has 0 saturated heterocycles. The van der Waals surface area contributed by atoms with Gasteiger partial charge in [-0.05, 0) is 60.7 Å². The van der Waals surface area contributed by atoms with Gasteiger partial charge in [-0.1, -0.05) is 12.1 Å². The first-order valence-corrected chi connectivity index (χ1v) is 9.40. The van der Waals surface area contributed by atoms with Crippen molar-refractivity contribution in [3.63, 3.8) is 0 Å². The first-order chi connectivity index (χ1) is 13.2. The highest BCUT2D eigenvalue weighted by Gasteiger charge is 2.40. The molecule has 1 saturated carbocycles. The van der Waals surface area contributed by atoms with Gasteiger partial charge in [0.2, 0.25) is 5.91 Å². The average Bonchev–Trinajstić information content (AvgIpc) is 3.48. The van der Waals surface area contributed by atoms with Crippen LogP contribution in [0.1, 0.15) is 35.7 Å². The van der Waals surface area contributed by atoms with Crippen LogP contribution >= 0.6 is 0 Å². The van der Waals surface area contributed by atoms with Gasteiger partial charge in [0.05, 0.1) is 13.2 Å². The number of hydrogen-bond donors (Lipinski definition) is 1. The van der Waals surface area contributed by atoms with E-state index in [1.54, 1.807) is 19.2 Å². The summed E-state index contributed by atoms with van der Waals surface area (Å²) in [5.41, 5.74) is 4.22. The molecule has 138 valence electrons. The molecule has 27 heavy (non-hydrogen) atoms. The first-order valence-electron chi connectivity index (χ1n) is 9.40. The van der Waals surface area contributed by atoms with Crippen LogP contribution in [0.2, 0.25) is 0 Å². The lowest BCUT2D eigenvalue weighted by atomic mass is 9.92. The minimum absolute atomic E-state index is 0.152. The van der Waals surface area contributed by atoms with E-state index < -0.39 is 0 Å². The van der Waals surface area contributed by atoms with E-state index in [1.165, 1.54) is 17.7 Å². The first kappa shape index (κ1) is 16.4. The van der Waals surface area contributed by atoms with Crippen molar-refractivity contribution in [3.8, 4) is 5.75 Å². The van der Waals surface area contributed by atoms with Gasteiger partial charge in [0, 0.05) is 29.1 Å². The van der Waals surface area contributed by atoms with Gasteiger partial charge in [-0.2, -0.15) is 0 Å². The van der Waals surface area contributed by atoms with Crippen LogP contribution in [0.4, 0.5) is 4.39 Å². The number of fused-ring (bicyclic) bond motifs is 3. The van der Waals surface area contributed by atoms with Crippen molar-refractivity contribution in [2.45, 2.75) is 25.3 Å². The number of carbonyl (C=O) groups excluding carboxylic acids is 1. The Hall–Kier alpha value is -2.82. The fourth-order valence-electron chi connectivity index (χ4n) is 4.19. The van der Waals surface area contributed by atoms with Crippen LogP contribution < -0.4 is 4.74 Å². The van der Waals surface area contributed by atoms with Gasteiger partial charge in [0.15, 0.2) is 0 Å². The van der Waals surface area contributed by atoms with Crippen LogP contribution in [0.3, 0.4) is 0 Å². The summed E-state index contributed by atoms with van der Waals surface area (Å²) in [6, 6.07) is 12.3. The van der Waals surface area contributed by atoms with Gasteiger partial charge in [0.1, 0.15) is 11.6 Å². The zero-order valence-electron chi connectivity index (χ0n) is 15.2. The SMILES string of the molecule is COc1ccc2[nH]c3c(c2c1)CCN(C(=O)C1CC1)[C@@H]3c1ccc(F)cc1. The Labute approximate surface area is 156 Å². The predicted molar refractivity (Wildman–Crippen MR) is 101 cm³/mol. The van der Waals surface area contributed by atoms with Crippen molar-refractivity contribution in [1.82, 2.24) is 9.88 Å². The van der Waals surface area contributed by atoms with E-state index in [9.17, 15) is 9.18 Å². The number of benzene rings is 2. The number of amides is 1. The molecule has 3 aromatic rings. The van der Waals surface area contributed by atoms with Crippen molar-refractivity contribution in [2.75, 3.05) is 13.7 Å². The summed E-state index contributed by atoms with van der Waals surface area (Å²) in [7, 11) is 1.66. The fourth-order valence-corrected chi connectivity index (χ4v) is 4.19. The molecule has 5 rings (SSSR count). The number of hydrogen-bond acceptors (Lipinski definition) is 2. The van der Waals surface area contributed by atoms with E-state index in [0.29, 0.717) is 6.54 Å². The molecule has 2 heterocycles. The van der Waals surface area contributed by atoms with Crippen molar-refractivity contribution in [3.05, 3.63) is 65.1 Å². The Morgan fingerprint density at radius 3 is 2.67 bits per heavy atom. The molecule has 5 heteroatoms. The van der Waals surface area contributed by atoms with Crippen LogP contribution in [-0.2, 0) is 11.2 Å². The summed E-state index contributed by atoms with van der Waals surface area (Å²) in [6.07, 6.45) is 2.75. The van der Waals surface area contributed by atoms with E-state index in [2.05, 4.69) is 4.98 Å². The minimum Gasteiger partial charge on any atom is -0.497 e. The van der Waals surface area contributed by atoms with Crippen molar-refractivity contribution in [2.24, 2.45) is 5.92 Å². The number of ether oxygens (including phenoxy) is 1. The highest BCUT2D eigenvalue weighted by atomic mass is 19.1. The van der Waals surface area contributed by atoms with Crippen molar-refractivity contribution in [1.29, 1.82) is 0 Å². The standard InChI is InChI=1S/C22H21FN2O2/c1-27-16-8-9-19-18(12-16)17-10-11-25(22(26)14-2-3-14)21(20(17)24-19)13-4-6-15(23)7-5-13/h4-9,12,14,21,24H,2-3,10-11H2,1H3/t21-/m1/s1. The molecular formula is C22H21FN2O2. The molecule has 0 radical (unpaired) electrons. The summed E-state index contributed by atoms with van der Waals surface area (Å²) in [4.78, 5) is 18.5. The van der Waals surface area contributed by atoms with Crippen LogP contribution in [0.15, 0.2) is 42.5 Å². The predicted octanol–water partition coefficient (Wildman–Crippen LogP) is 4.20. The summed E-state index contributed by atoms with van der Waals surface area (Å²) in [6.45, 7) is 0.675. The smallest absolute Gasteiger partial charge is 0.226 e. The number of methoxy groups -OCH3 is 1. The average molecular weight is 364 g/mol. The lowest BCUT2D eigenvalue weighted by Crippen LogP contribution is -2.41. The molecule has 0 unspecified atom stereocenters. The zero-order chi connectivity index (χ0) is 18.5. The second-order valence-corrected chi connectivity index (χ2v) is 7.44. The highest BCUT2D eigenvalue weighted by molar-refractivity contribution is 5.88. The van der Waals surface area contributed by atoms with Crippen LogP contribution in [-0.4, -0.2) is 29.4 Å². The topological polar surface area (TPSA) is 45.3 Å². The summed E-state index contributed by atoms with van der Waals surface area (Å²) >= 11 is 0. The normalized spacial score (nSPS) is 19.2. The summed E-state index contributed by atoms with van der Waals surface area (Å²) < 4.78 is 18.9. The second kappa shape index (κ2) is 6.12. The van der Waals surface area contributed by atoms with Gasteiger partial charge in [-0.3, -0.25) is 4.79 Å². The molecule has 2 aliphatic rings. The van der Waals surface area contributed by atoms with E-state index in [-0.39, 0.29) is 23.7 Å². The molecular weight excluding hydrogens is 343 g/mol. The maximum atomic E-state index is 13.5. The number of aromatic amines is 1. The third kappa shape index (κ3) is 2.69. The van der Waals surface area contributed by atoms with Crippen molar-refractivity contribution < 1.29 is 13.9 Å². The molecule has 1 amide bonds. The van der Waals surface area contributed by atoms with Crippen LogP contribution in [0.25, 0.3) is 10.9 Å². The largest absolute Gasteiger partial charge is 0.497 e. The molecule has 1 aliphatic heterocycles. The van der Waals surface area contributed by atoms with Gasteiger partial charge >= 0.3 is 0 Å². The maximum absolute atomic E-state index is 13.5. The lowest BCUT2D eigenvalue weighted by molar-refractivity contribution is -0.134. The number of nitrogens with zero attached hydrogens (tertiary/aromatic N) is 1. The van der Waals surface area contributed by atoms with E-state index in [4.69, 9.17) is 4.74 Å². The Morgan fingerprint density at radius 2 is 1.96 bits per heavy atom. The lowest BCUT2D eigenvalue weighted by Gasteiger charge is -2.36. The minimum atomic E-state index is -0.267.